The number of hydrogen-bond acceptors (Lipinski definition) is 3. The summed E-state index contributed by atoms with van der Waals surface area (Å²) in [6.07, 6.45) is 2.88. The topological polar surface area (TPSA) is 72.0 Å². The zero-order valence-electron chi connectivity index (χ0n) is 9.15. The Kier molecular flexibility index (Phi) is 3.43. The molecule has 18 heavy (non-hydrogen) atoms. The zero-order chi connectivity index (χ0) is 13.1. The van der Waals surface area contributed by atoms with Gasteiger partial charge in [0, 0.05) is 12.3 Å². The van der Waals surface area contributed by atoms with E-state index in [0.717, 1.165) is 0 Å². The predicted octanol–water partition coefficient (Wildman–Crippen LogP) is 2.95. The SMILES string of the molecule is N=C(N)c1c(F)cccc1Oc1cncc(Cl)c1. The van der Waals surface area contributed by atoms with Gasteiger partial charge in [-0.1, -0.05) is 17.7 Å². The standard InChI is InChI=1S/C12H9ClFN3O/c13-7-4-8(6-17-5-7)18-10-3-1-2-9(14)11(10)12(15)16/h1-6H,(H3,15,16). The number of amidine groups is 1. The van der Waals surface area contributed by atoms with Gasteiger partial charge in [-0.25, -0.2) is 4.39 Å². The number of nitrogens with one attached hydrogen (secondary N) is 1. The number of benzene rings is 1. The Bertz CT molecular complexity index is 604. The van der Waals surface area contributed by atoms with E-state index in [1.54, 1.807) is 0 Å². The van der Waals surface area contributed by atoms with Crippen molar-refractivity contribution in [3.05, 3.63) is 53.1 Å². The van der Waals surface area contributed by atoms with Crippen LogP contribution >= 0.6 is 11.6 Å². The molecule has 0 aliphatic carbocycles. The van der Waals surface area contributed by atoms with Crippen LogP contribution in [0, 0.1) is 11.2 Å². The highest BCUT2D eigenvalue weighted by molar-refractivity contribution is 6.30. The quantitative estimate of drug-likeness (QED) is 0.662. The van der Waals surface area contributed by atoms with Gasteiger partial charge in [0.25, 0.3) is 0 Å². The van der Waals surface area contributed by atoms with Crippen molar-refractivity contribution < 1.29 is 9.13 Å². The Hall–Kier alpha value is -2.14. The van der Waals surface area contributed by atoms with E-state index < -0.39 is 11.7 Å². The van der Waals surface area contributed by atoms with Gasteiger partial charge >= 0.3 is 0 Å². The van der Waals surface area contributed by atoms with Gasteiger partial charge < -0.3 is 10.5 Å². The molecule has 0 aliphatic rings. The maximum absolute atomic E-state index is 13.5. The fraction of sp³-hybridized carbons (Fsp3) is 0. The number of ether oxygens (including phenoxy) is 1. The van der Waals surface area contributed by atoms with E-state index in [9.17, 15) is 4.39 Å². The summed E-state index contributed by atoms with van der Waals surface area (Å²) in [6, 6.07) is 5.72. The number of nitrogens with two attached hydrogens (primary N) is 1. The van der Waals surface area contributed by atoms with Gasteiger partial charge in [-0.3, -0.25) is 10.4 Å². The second-order valence-corrected chi connectivity index (χ2v) is 3.90. The molecular formula is C12H9ClFN3O. The normalized spacial score (nSPS) is 10.1. The first-order valence-corrected chi connectivity index (χ1v) is 5.37. The fourth-order valence-electron chi connectivity index (χ4n) is 1.43. The summed E-state index contributed by atoms with van der Waals surface area (Å²) in [5.41, 5.74) is 5.23. The van der Waals surface area contributed by atoms with Crippen LogP contribution in [0.2, 0.25) is 5.02 Å². The van der Waals surface area contributed by atoms with Gasteiger partial charge in [-0.2, -0.15) is 0 Å². The molecule has 0 saturated carbocycles. The highest BCUT2D eigenvalue weighted by Crippen LogP contribution is 2.27. The van der Waals surface area contributed by atoms with Crippen molar-refractivity contribution in [1.82, 2.24) is 4.98 Å². The summed E-state index contributed by atoms with van der Waals surface area (Å²) in [6.45, 7) is 0. The Labute approximate surface area is 108 Å². The van der Waals surface area contributed by atoms with Crippen LogP contribution in [0.5, 0.6) is 11.5 Å². The number of hydrogen-bond donors (Lipinski definition) is 2. The molecule has 92 valence electrons. The summed E-state index contributed by atoms with van der Waals surface area (Å²) < 4.78 is 19.0. The minimum absolute atomic E-state index is 0.0857. The molecule has 0 bridgehead atoms. The molecule has 2 aromatic rings. The van der Waals surface area contributed by atoms with Crippen LogP contribution in [-0.2, 0) is 0 Å². The number of nitrogens with zero attached hydrogens (tertiary/aromatic N) is 1. The highest BCUT2D eigenvalue weighted by atomic mass is 35.5. The summed E-state index contributed by atoms with van der Waals surface area (Å²) in [5, 5.41) is 7.74. The van der Waals surface area contributed by atoms with Crippen LogP contribution in [0.3, 0.4) is 0 Å². The van der Waals surface area contributed by atoms with Gasteiger partial charge in [0.1, 0.15) is 23.2 Å². The van der Waals surface area contributed by atoms with E-state index in [-0.39, 0.29) is 11.3 Å². The van der Waals surface area contributed by atoms with Gasteiger partial charge in [-0.05, 0) is 12.1 Å². The smallest absolute Gasteiger partial charge is 0.147 e. The van der Waals surface area contributed by atoms with Gasteiger partial charge in [-0.15, -0.1) is 0 Å². The number of nitrogen functional groups attached to an aromatic ring is 1. The molecule has 0 unspecified atom stereocenters. The summed E-state index contributed by atoms with van der Waals surface area (Å²) >= 11 is 5.76. The van der Waals surface area contributed by atoms with Crippen LogP contribution in [0.4, 0.5) is 4.39 Å². The molecule has 1 aromatic carbocycles. The average molecular weight is 266 g/mol. The van der Waals surface area contributed by atoms with Crippen LogP contribution < -0.4 is 10.5 Å². The third-order valence-electron chi connectivity index (χ3n) is 2.15. The maximum atomic E-state index is 13.5. The molecule has 4 nitrogen and oxygen atoms in total. The van der Waals surface area contributed by atoms with E-state index in [1.165, 1.54) is 36.7 Å². The largest absolute Gasteiger partial charge is 0.455 e. The first-order chi connectivity index (χ1) is 8.58. The highest BCUT2D eigenvalue weighted by Gasteiger charge is 2.13. The molecule has 0 amide bonds. The van der Waals surface area contributed by atoms with Crippen molar-refractivity contribution in [2.75, 3.05) is 0 Å². The molecule has 1 heterocycles. The second kappa shape index (κ2) is 5.01. The average Bonchev–Trinajstić information content (AvgIpc) is 2.28. The zero-order valence-corrected chi connectivity index (χ0v) is 9.91. The molecule has 3 N–H and O–H groups in total. The summed E-state index contributed by atoms with van der Waals surface area (Å²) in [7, 11) is 0. The number of halogens is 2. The molecule has 0 fully saturated rings. The molecular weight excluding hydrogens is 257 g/mol. The second-order valence-electron chi connectivity index (χ2n) is 3.47. The van der Waals surface area contributed by atoms with Crippen LogP contribution in [0.15, 0.2) is 36.7 Å². The lowest BCUT2D eigenvalue weighted by Gasteiger charge is -2.10. The lowest BCUT2D eigenvalue weighted by atomic mass is 10.1. The molecule has 0 aliphatic heterocycles. The third kappa shape index (κ3) is 2.57. The Morgan fingerprint density at radius 1 is 1.39 bits per heavy atom. The van der Waals surface area contributed by atoms with Crippen molar-refractivity contribution in [3.8, 4) is 11.5 Å². The van der Waals surface area contributed by atoms with Gasteiger partial charge in [0.15, 0.2) is 0 Å². The van der Waals surface area contributed by atoms with E-state index in [2.05, 4.69) is 4.98 Å². The van der Waals surface area contributed by atoms with Gasteiger partial charge in [0.05, 0.1) is 16.8 Å². The van der Waals surface area contributed by atoms with Gasteiger partial charge in [0.2, 0.25) is 0 Å². The first kappa shape index (κ1) is 12.3. The predicted molar refractivity (Wildman–Crippen MR) is 66.7 cm³/mol. The molecule has 0 spiro atoms. The summed E-state index contributed by atoms with van der Waals surface area (Å²) in [5.74, 6) is -0.532. The lowest BCUT2D eigenvalue weighted by molar-refractivity contribution is 0.473. The van der Waals surface area contributed by atoms with Crippen molar-refractivity contribution >= 4 is 17.4 Å². The van der Waals surface area contributed by atoms with Crippen LogP contribution in [0.25, 0.3) is 0 Å². The minimum atomic E-state index is -0.616. The first-order valence-electron chi connectivity index (χ1n) is 4.99. The van der Waals surface area contributed by atoms with Crippen molar-refractivity contribution in [3.63, 3.8) is 0 Å². The Morgan fingerprint density at radius 2 is 2.17 bits per heavy atom. The van der Waals surface area contributed by atoms with Crippen molar-refractivity contribution in [2.45, 2.75) is 0 Å². The molecule has 0 atom stereocenters. The minimum Gasteiger partial charge on any atom is -0.455 e. The summed E-state index contributed by atoms with van der Waals surface area (Å²) in [4.78, 5) is 3.84. The molecule has 2 rings (SSSR count). The molecule has 0 radical (unpaired) electrons. The van der Waals surface area contributed by atoms with E-state index in [1.807, 2.05) is 0 Å². The maximum Gasteiger partial charge on any atom is 0.147 e. The Balaban J connectivity index is 2.40. The fourth-order valence-corrected chi connectivity index (χ4v) is 1.59. The van der Waals surface area contributed by atoms with E-state index in [0.29, 0.717) is 10.8 Å². The van der Waals surface area contributed by atoms with Crippen LogP contribution in [-0.4, -0.2) is 10.8 Å². The third-order valence-corrected chi connectivity index (χ3v) is 2.36. The van der Waals surface area contributed by atoms with Crippen LogP contribution in [0.1, 0.15) is 5.56 Å². The molecule has 1 aromatic heterocycles. The monoisotopic (exact) mass is 265 g/mol. The van der Waals surface area contributed by atoms with Crippen molar-refractivity contribution in [1.29, 1.82) is 5.41 Å². The number of pyridine rings is 1. The Morgan fingerprint density at radius 3 is 2.83 bits per heavy atom. The molecule has 6 heteroatoms. The number of aromatic nitrogens is 1. The molecule has 0 saturated heterocycles. The number of rotatable bonds is 3. The lowest BCUT2D eigenvalue weighted by Crippen LogP contribution is -2.14. The van der Waals surface area contributed by atoms with Crippen molar-refractivity contribution in [2.24, 2.45) is 5.73 Å². The van der Waals surface area contributed by atoms with E-state index >= 15 is 0 Å². The van der Waals surface area contributed by atoms with E-state index in [4.69, 9.17) is 27.5 Å².